The number of hydrogen-bond acceptors (Lipinski definition) is 9. The zero-order chi connectivity index (χ0) is 28.5. The molecule has 216 valence electrons. The van der Waals surface area contributed by atoms with Crippen LogP contribution in [0.25, 0.3) is 0 Å². The average Bonchev–Trinajstić information content (AvgIpc) is 2.80. The molecule has 0 bridgehead atoms. The summed E-state index contributed by atoms with van der Waals surface area (Å²) in [5.74, 6) is -1.14. The van der Waals surface area contributed by atoms with Crippen molar-refractivity contribution in [2.45, 2.75) is 86.0 Å². The maximum absolute atomic E-state index is 11.2. The predicted octanol–water partition coefficient (Wildman–Crippen LogP) is -0.121. The van der Waals surface area contributed by atoms with Crippen molar-refractivity contribution >= 4 is 19.6 Å². The number of nitrogens with zero attached hydrogens (tertiary/aromatic N) is 2. The third-order valence-corrected chi connectivity index (χ3v) is 6.07. The number of hydrogen-bond donors (Lipinski definition) is 6. The van der Waals surface area contributed by atoms with E-state index in [9.17, 15) is 24.4 Å². The van der Waals surface area contributed by atoms with E-state index in [2.05, 4.69) is 66.5 Å². The summed E-state index contributed by atoms with van der Waals surface area (Å²) in [5, 5.41) is 24.1. The zero-order valence-corrected chi connectivity index (χ0v) is 23.9. The Morgan fingerprint density at radius 1 is 0.833 bits per heavy atom. The second-order valence-electron chi connectivity index (χ2n) is 8.00. The van der Waals surface area contributed by atoms with E-state index in [1.54, 1.807) is 0 Å². The first-order chi connectivity index (χ1) is 16.7. The van der Waals surface area contributed by atoms with E-state index in [4.69, 9.17) is 14.5 Å². The number of aliphatic hydroxyl groups is 2. The van der Waals surface area contributed by atoms with Crippen LogP contribution < -0.4 is 10.6 Å². The van der Waals surface area contributed by atoms with Crippen molar-refractivity contribution in [2.24, 2.45) is 0 Å². The fourth-order valence-corrected chi connectivity index (χ4v) is 3.92. The molecule has 36 heavy (non-hydrogen) atoms. The molecular formula is C22H49N4O9P. The number of carbonyl (C=O) groups is 2. The number of phosphoric acid groups is 1. The van der Waals surface area contributed by atoms with Crippen LogP contribution in [0.1, 0.15) is 55.4 Å². The SMILES string of the molecule is CC(=O)N[C@H]1[C@@H](OP(=O)(O)O)O[C@H](CO)[C@@H](NC(C)=O)[C@@H]1O.CCN(CC)CC.CCN(CC)CC. The number of ether oxygens (including phenoxy) is 1. The van der Waals surface area contributed by atoms with Crippen molar-refractivity contribution in [1.29, 1.82) is 0 Å². The molecule has 0 aliphatic carbocycles. The van der Waals surface area contributed by atoms with Crippen molar-refractivity contribution in [3.63, 3.8) is 0 Å². The lowest BCUT2D eigenvalue weighted by Crippen LogP contribution is -2.68. The van der Waals surface area contributed by atoms with Gasteiger partial charge in [0, 0.05) is 13.8 Å². The largest absolute Gasteiger partial charge is 0.472 e. The van der Waals surface area contributed by atoms with Crippen LogP contribution in [-0.2, 0) is 23.4 Å². The smallest absolute Gasteiger partial charge is 0.394 e. The van der Waals surface area contributed by atoms with Crippen molar-refractivity contribution in [3.8, 4) is 0 Å². The van der Waals surface area contributed by atoms with Crippen LogP contribution in [0.4, 0.5) is 0 Å². The van der Waals surface area contributed by atoms with Crippen LogP contribution in [0.15, 0.2) is 0 Å². The van der Waals surface area contributed by atoms with E-state index < -0.39 is 56.8 Å². The highest BCUT2D eigenvalue weighted by molar-refractivity contribution is 7.46. The Bertz CT molecular complexity index is 622. The van der Waals surface area contributed by atoms with Gasteiger partial charge < -0.3 is 45.2 Å². The van der Waals surface area contributed by atoms with Crippen LogP contribution in [-0.4, -0.2) is 118 Å². The first-order valence-corrected chi connectivity index (χ1v) is 13.9. The number of phosphoric ester groups is 1. The summed E-state index contributed by atoms with van der Waals surface area (Å²) in [4.78, 5) is 44.8. The molecule has 1 aliphatic heterocycles. The minimum atomic E-state index is -4.98. The molecule has 0 saturated carbocycles. The molecule has 1 saturated heterocycles. The number of nitrogens with one attached hydrogen (secondary N) is 2. The zero-order valence-electron chi connectivity index (χ0n) is 23.0. The summed E-state index contributed by atoms with van der Waals surface area (Å²) in [5.41, 5.74) is 0. The highest BCUT2D eigenvalue weighted by Crippen LogP contribution is 2.40. The molecule has 0 radical (unpaired) electrons. The van der Waals surface area contributed by atoms with Gasteiger partial charge in [0.25, 0.3) is 0 Å². The van der Waals surface area contributed by atoms with Gasteiger partial charge in [-0.1, -0.05) is 41.5 Å². The molecule has 1 aliphatic rings. The number of carbonyl (C=O) groups excluding carboxylic acids is 2. The Balaban J connectivity index is 0. The fraction of sp³-hybridized carbons (Fsp3) is 0.909. The summed E-state index contributed by atoms with van der Waals surface area (Å²) < 4.78 is 20.5. The molecule has 14 heteroatoms. The molecule has 6 N–H and O–H groups in total. The lowest BCUT2D eigenvalue weighted by atomic mass is 9.94. The van der Waals surface area contributed by atoms with Gasteiger partial charge in [-0.2, -0.15) is 0 Å². The van der Waals surface area contributed by atoms with Gasteiger partial charge in [-0.3, -0.25) is 14.1 Å². The van der Waals surface area contributed by atoms with Crippen LogP contribution in [0.2, 0.25) is 0 Å². The second-order valence-corrected chi connectivity index (χ2v) is 9.20. The van der Waals surface area contributed by atoms with Crippen molar-refractivity contribution in [1.82, 2.24) is 20.4 Å². The van der Waals surface area contributed by atoms with Crippen molar-refractivity contribution in [2.75, 3.05) is 45.9 Å². The Morgan fingerprint density at radius 3 is 1.44 bits per heavy atom. The molecule has 1 rings (SSSR count). The number of amides is 2. The molecule has 13 nitrogen and oxygen atoms in total. The van der Waals surface area contributed by atoms with Gasteiger partial charge >= 0.3 is 7.82 Å². The van der Waals surface area contributed by atoms with E-state index in [1.165, 1.54) is 46.2 Å². The summed E-state index contributed by atoms with van der Waals surface area (Å²) in [7, 11) is -4.98. The maximum Gasteiger partial charge on any atom is 0.472 e. The minimum Gasteiger partial charge on any atom is -0.394 e. The van der Waals surface area contributed by atoms with E-state index in [-0.39, 0.29) is 0 Å². The Morgan fingerprint density at radius 2 is 1.19 bits per heavy atom. The monoisotopic (exact) mass is 544 g/mol. The fourth-order valence-electron chi connectivity index (χ4n) is 3.47. The molecule has 1 heterocycles. The lowest BCUT2D eigenvalue weighted by molar-refractivity contribution is -0.219. The van der Waals surface area contributed by atoms with E-state index >= 15 is 0 Å². The van der Waals surface area contributed by atoms with Crippen LogP contribution in [0.3, 0.4) is 0 Å². The van der Waals surface area contributed by atoms with Crippen LogP contribution >= 0.6 is 7.82 Å². The van der Waals surface area contributed by atoms with E-state index in [0.717, 1.165) is 6.92 Å². The molecule has 0 spiro atoms. The van der Waals surface area contributed by atoms with E-state index in [0.29, 0.717) is 0 Å². The van der Waals surface area contributed by atoms with Gasteiger partial charge in [0.05, 0.1) is 12.6 Å². The summed E-state index contributed by atoms with van der Waals surface area (Å²) in [6.45, 7) is 21.9. The molecule has 0 aromatic heterocycles. The van der Waals surface area contributed by atoms with Crippen molar-refractivity contribution in [3.05, 3.63) is 0 Å². The van der Waals surface area contributed by atoms with Crippen LogP contribution in [0, 0.1) is 0 Å². The topological polar surface area (TPSA) is 181 Å². The average molecular weight is 545 g/mol. The van der Waals surface area contributed by atoms with Crippen LogP contribution in [0.5, 0.6) is 0 Å². The molecular weight excluding hydrogens is 495 g/mol. The Hall–Kier alpha value is -1.15. The van der Waals surface area contributed by atoms with Gasteiger partial charge in [-0.05, 0) is 39.3 Å². The minimum absolute atomic E-state index is 0.526. The molecule has 0 unspecified atom stereocenters. The molecule has 2 amide bonds. The predicted molar refractivity (Wildman–Crippen MR) is 137 cm³/mol. The third-order valence-electron chi connectivity index (χ3n) is 5.58. The Labute approximate surface area is 215 Å². The van der Waals surface area contributed by atoms with Crippen molar-refractivity contribution < 1.29 is 43.4 Å². The summed E-state index contributed by atoms with van der Waals surface area (Å²) in [6.07, 6.45) is -4.39. The van der Waals surface area contributed by atoms with Gasteiger partial charge in [-0.25, -0.2) is 4.57 Å². The Kier molecular flexibility index (Phi) is 20.4. The first-order valence-electron chi connectivity index (χ1n) is 12.4. The van der Waals surface area contributed by atoms with Gasteiger partial charge in [0.2, 0.25) is 11.8 Å². The van der Waals surface area contributed by atoms with E-state index in [1.807, 2.05) is 0 Å². The summed E-state index contributed by atoms with van der Waals surface area (Å²) in [6, 6.07) is -2.46. The number of aliphatic hydroxyl groups excluding tert-OH is 2. The molecule has 5 atom stereocenters. The van der Waals surface area contributed by atoms with Gasteiger partial charge in [0.1, 0.15) is 18.2 Å². The lowest BCUT2D eigenvalue weighted by Gasteiger charge is -2.44. The molecule has 0 aromatic rings. The first kappa shape index (κ1) is 37.0. The maximum atomic E-state index is 11.2. The van der Waals surface area contributed by atoms with Gasteiger partial charge in [-0.15, -0.1) is 0 Å². The highest BCUT2D eigenvalue weighted by Gasteiger charge is 2.48. The third kappa shape index (κ3) is 15.9. The summed E-state index contributed by atoms with van der Waals surface area (Å²) >= 11 is 0. The quantitative estimate of drug-likeness (QED) is 0.191. The number of rotatable bonds is 11. The standard InChI is InChI=1S/C10H19N2O9P.2C6H15N/c1-4(14)11-7-6(3-13)20-10(21-22(17,18)19)8(9(7)16)12-5(2)15;2*1-4-7(5-2)6-3/h6-10,13,16H,3H2,1-2H3,(H,11,14)(H,12,15)(H2,17,18,19);2*4-6H2,1-3H3/t6-,7-,8-,9+,10-;;/m1../s1. The molecule has 0 aromatic carbocycles. The highest BCUT2D eigenvalue weighted by atomic mass is 31.2. The second kappa shape index (κ2) is 19.9. The van der Waals surface area contributed by atoms with Gasteiger partial charge in [0.15, 0.2) is 6.29 Å². The normalized spacial score (nSPS) is 23.8. The molecule has 1 fully saturated rings.